The quantitative estimate of drug-likeness (QED) is 0.186. The summed E-state index contributed by atoms with van der Waals surface area (Å²) < 4.78 is 5.45. The topological polar surface area (TPSA) is 63.0 Å². The van der Waals surface area contributed by atoms with Crippen molar-refractivity contribution in [3.63, 3.8) is 0 Å². The summed E-state index contributed by atoms with van der Waals surface area (Å²) in [5, 5.41) is 9.38. The number of pyridine rings is 1. The van der Waals surface area contributed by atoms with Gasteiger partial charge in [-0.1, -0.05) is 71.8 Å². The normalized spacial score (nSPS) is 12.9. The highest BCUT2D eigenvalue weighted by molar-refractivity contribution is 5.82. The Hall–Kier alpha value is -2.67. The molecule has 172 valence electrons. The number of hydrogen-bond acceptors (Lipinski definition) is 4. The number of aromatic nitrogens is 1. The zero-order chi connectivity index (χ0) is 23.4. The molecule has 2 aromatic rings. The minimum absolute atomic E-state index is 0.132. The van der Waals surface area contributed by atoms with Crippen LogP contribution < -0.4 is 4.74 Å². The highest BCUT2D eigenvalue weighted by Crippen LogP contribution is 2.29. The van der Waals surface area contributed by atoms with Gasteiger partial charge in [0, 0.05) is 11.8 Å². The molecule has 1 aromatic carbocycles. The largest absolute Gasteiger partial charge is 0.425 e. The van der Waals surface area contributed by atoms with Gasteiger partial charge in [0.25, 0.3) is 0 Å². The lowest BCUT2D eigenvalue weighted by atomic mass is 9.81. The van der Waals surface area contributed by atoms with Gasteiger partial charge < -0.3 is 4.74 Å². The van der Waals surface area contributed by atoms with E-state index in [0.717, 1.165) is 17.7 Å². The van der Waals surface area contributed by atoms with E-state index in [-0.39, 0.29) is 5.92 Å². The zero-order valence-electron chi connectivity index (χ0n) is 20.2. The molecule has 4 heteroatoms. The summed E-state index contributed by atoms with van der Waals surface area (Å²) >= 11 is 0. The maximum absolute atomic E-state index is 12.4. The van der Waals surface area contributed by atoms with Crippen molar-refractivity contribution in [3.05, 3.63) is 48.2 Å². The third kappa shape index (κ3) is 7.48. The fraction of sp³-hybridized carbons (Fsp3) is 0.536. The fourth-order valence-corrected chi connectivity index (χ4v) is 3.52. The molecule has 0 bridgehead atoms. The number of carbonyl (C=O) groups is 1. The van der Waals surface area contributed by atoms with Gasteiger partial charge in [-0.25, -0.2) is 4.79 Å². The molecule has 0 spiro atoms. The molecule has 0 N–H and O–H groups in total. The Morgan fingerprint density at radius 3 is 2.16 bits per heavy atom. The Kier molecular flexibility index (Phi) is 10.4. The van der Waals surface area contributed by atoms with Crippen LogP contribution in [0, 0.1) is 22.7 Å². The van der Waals surface area contributed by atoms with Crippen LogP contribution in [0.15, 0.2) is 42.6 Å². The fourth-order valence-electron chi connectivity index (χ4n) is 3.52. The second-order valence-electron chi connectivity index (χ2n) is 9.16. The lowest BCUT2D eigenvalue weighted by molar-refractivity contribution is -0.143. The summed E-state index contributed by atoms with van der Waals surface area (Å²) in [6.45, 7) is 7.56. The lowest BCUT2D eigenvalue weighted by Gasteiger charge is -2.23. The predicted octanol–water partition coefficient (Wildman–Crippen LogP) is 7.52. The third-order valence-electron chi connectivity index (χ3n) is 6.32. The number of nitriles is 1. The molecule has 1 atom stereocenters. The Bertz CT molecular complexity index is 866. The number of aryl methyl sites for hydroxylation is 1. The van der Waals surface area contributed by atoms with Crippen molar-refractivity contribution in [2.45, 2.75) is 85.5 Å². The molecule has 0 aliphatic rings. The SMILES string of the molecule is CCCCCCCCCCc1ccc(-c2ccc(OC(=O)C(C)(C#N)C(C)C)cc2)nc1. The molecule has 1 unspecified atom stereocenters. The van der Waals surface area contributed by atoms with Crippen molar-refractivity contribution in [3.8, 4) is 23.1 Å². The minimum Gasteiger partial charge on any atom is -0.425 e. The lowest BCUT2D eigenvalue weighted by Crippen LogP contribution is -2.35. The highest BCUT2D eigenvalue weighted by atomic mass is 16.5. The monoisotopic (exact) mass is 434 g/mol. The second-order valence-corrected chi connectivity index (χ2v) is 9.16. The molecule has 1 heterocycles. The Labute approximate surface area is 194 Å². The van der Waals surface area contributed by atoms with Crippen LogP contribution in [0.25, 0.3) is 11.3 Å². The van der Waals surface area contributed by atoms with Gasteiger partial charge in [0.05, 0.1) is 11.8 Å². The third-order valence-corrected chi connectivity index (χ3v) is 6.32. The van der Waals surface area contributed by atoms with Crippen molar-refractivity contribution >= 4 is 5.97 Å². The number of nitrogens with zero attached hydrogens (tertiary/aromatic N) is 2. The second kappa shape index (κ2) is 13.0. The van der Waals surface area contributed by atoms with Crippen LogP contribution in [0.2, 0.25) is 0 Å². The van der Waals surface area contributed by atoms with Crippen LogP contribution in [0.4, 0.5) is 0 Å². The summed E-state index contributed by atoms with van der Waals surface area (Å²) in [6.07, 6.45) is 13.6. The molecule has 0 saturated heterocycles. The number of hydrogen-bond donors (Lipinski definition) is 0. The van der Waals surface area contributed by atoms with Gasteiger partial charge >= 0.3 is 5.97 Å². The number of unbranched alkanes of at least 4 members (excludes halogenated alkanes) is 7. The Balaban J connectivity index is 1.83. The summed E-state index contributed by atoms with van der Waals surface area (Å²) in [6, 6.07) is 13.6. The molecule has 4 nitrogen and oxygen atoms in total. The van der Waals surface area contributed by atoms with E-state index in [0.29, 0.717) is 5.75 Å². The van der Waals surface area contributed by atoms with Crippen molar-refractivity contribution in [1.29, 1.82) is 5.26 Å². The average Bonchev–Trinajstić information content (AvgIpc) is 2.81. The van der Waals surface area contributed by atoms with Gasteiger partial charge in [-0.15, -0.1) is 0 Å². The van der Waals surface area contributed by atoms with Gasteiger partial charge in [-0.3, -0.25) is 4.98 Å². The van der Waals surface area contributed by atoms with E-state index >= 15 is 0 Å². The van der Waals surface area contributed by atoms with E-state index in [1.54, 1.807) is 19.1 Å². The molecule has 0 aliphatic carbocycles. The van der Waals surface area contributed by atoms with Crippen LogP contribution in [0.1, 0.15) is 84.6 Å². The molecular formula is C28H38N2O2. The molecule has 1 aromatic heterocycles. The van der Waals surface area contributed by atoms with Gasteiger partial charge in [0.1, 0.15) is 5.75 Å². The first-order valence-electron chi connectivity index (χ1n) is 12.1. The first kappa shape index (κ1) is 25.6. The van der Waals surface area contributed by atoms with Gasteiger partial charge in [-0.05, 0) is 61.6 Å². The number of carbonyl (C=O) groups excluding carboxylic acids is 1. The molecular weight excluding hydrogens is 396 g/mol. The number of esters is 1. The summed E-state index contributed by atoms with van der Waals surface area (Å²) in [4.78, 5) is 17.0. The molecule has 32 heavy (non-hydrogen) atoms. The van der Waals surface area contributed by atoms with Gasteiger partial charge in [0.15, 0.2) is 5.41 Å². The van der Waals surface area contributed by atoms with Crippen molar-refractivity contribution in [2.24, 2.45) is 11.3 Å². The first-order valence-corrected chi connectivity index (χ1v) is 12.1. The van der Waals surface area contributed by atoms with Crippen LogP contribution >= 0.6 is 0 Å². The van der Waals surface area contributed by atoms with Crippen LogP contribution in [0.3, 0.4) is 0 Å². The van der Waals surface area contributed by atoms with E-state index in [1.807, 2.05) is 38.2 Å². The van der Waals surface area contributed by atoms with Gasteiger partial charge in [0.2, 0.25) is 0 Å². The maximum Gasteiger partial charge on any atom is 0.331 e. The van der Waals surface area contributed by atoms with Crippen LogP contribution in [-0.4, -0.2) is 11.0 Å². The highest BCUT2D eigenvalue weighted by Gasteiger charge is 2.39. The standard InChI is InChI=1S/C28H38N2O2/c1-5-6-7-8-9-10-11-12-13-23-14-19-26(30-20-23)24-15-17-25(18-16-24)32-27(31)28(4,21-29)22(2)3/h14-20,22H,5-13H2,1-4H3. The van der Waals surface area contributed by atoms with Crippen LogP contribution in [-0.2, 0) is 11.2 Å². The molecule has 0 aliphatic heterocycles. The molecule has 0 saturated carbocycles. The number of rotatable bonds is 13. The van der Waals surface area contributed by atoms with Crippen molar-refractivity contribution < 1.29 is 9.53 Å². The molecule has 0 radical (unpaired) electrons. The first-order chi connectivity index (χ1) is 15.4. The maximum atomic E-state index is 12.4. The van der Waals surface area contributed by atoms with Crippen molar-refractivity contribution in [2.75, 3.05) is 0 Å². The van der Waals surface area contributed by atoms with E-state index in [4.69, 9.17) is 4.74 Å². The van der Waals surface area contributed by atoms with E-state index in [1.165, 1.54) is 56.9 Å². The zero-order valence-corrected chi connectivity index (χ0v) is 20.2. The van der Waals surface area contributed by atoms with Crippen molar-refractivity contribution in [1.82, 2.24) is 4.98 Å². The Morgan fingerprint density at radius 1 is 1.00 bits per heavy atom. The average molecular weight is 435 g/mol. The van der Waals surface area contributed by atoms with Crippen LogP contribution in [0.5, 0.6) is 5.75 Å². The number of ether oxygens (including phenoxy) is 1. The van der Waals surface area contributed by atoms with E-state index < -0.39 is 11.4 Å². The summed E-state index contributed by atoms with van der Waals surface area (Å²) in [5.41, 5.74) is 1.97. The summed E-state index contributed by atoms with van der Waals surface area (Å²) in [7, 11) is 0. The Morgan fingerprint density at radius 2 is 1.62 bits per heavy atom. The predicted molar refractivity (Wildman–Crippen MR) is 130 cm³/mol. The van der Waals surface area contributed by atoms with E-state index in [9.17, 15) is 10.1 Å². The smallest absolute Gasteiger partial charge is 0.331 e. The molecule has 0 amide bonds. The summed E-state index contributed by atoms with van der Waals surface area (Å²) in [5.74, 6) is -0.217. The number of benzene rings is 1. The molecule has 2 rings (SSSR count). The van der Waals surface area contributed by atoms with E-state index in [2.05, 4.69) is 24.0 Å². The van der Waals surface area contributed by atoms with Gasteiger partial charge in [-0.2, -0.15) is 5.26 Å². The minimum atomic E-state index is -1.16. The molecule has 0 fully saturated rings.